The molecule has 0 bridgehead atoms. The predicted octanol–water partition coefficient (Wildman–Crippen LogP) is 2.68. The number of fused-ring (bicyclic) bond motifs is 1. The first kappa shape index (κ1) is 23.5. The summed E-state index contributed by atoms with van der Waals surface area (Å²) in [5, 5.41) is 3.20. The number of likely N-dealkylation sites (tertiary alicyclic amines) is 1. The SMILES string of the molecule is COc1cccc(CN2CCCC(NC(=O)N3CCc4cc(S(=O)(=O)N(C)C)ccc43)C2)c1. The molecular weight excluding hydrogens is 440 g/mol. The van der Waals surface area contributed by atoms with Gasteiger partial charge in [0.1, 0.15) is 5.75 Å². The molecule has 2 aliphatic rings. The lowest BCUT2D eigenvalue weighted by Crippen LogP contribution is -2.51. The fraction of sp³-hybridized carbons (Fsp3) is 0.458. The van der Waals surface area contributed by atoms with Crippen molar-refractivity contribution >= 4 is 21.7 Å². The summed E-state index contributed by atoms with van der Waals surface area (Å²) < 4.78 is 31.4. The molecule has 2 aromatic carbocycles. The van der Waals surface area contributed by atoms with Crippen LogP contribution in [0.15, 0.2) is 47.4 Å². The zero-order valence-corrected chi connectivity index (χ0v) is 20.3. The summed E-state index contributed by atoms with van der Waals surface area (Å²) in [6, 6.07) is 13.1. The van der Waals surface area contributed by atoms with E-state index in [4.69, 9.17) is 4.74 Å². The highest BCUT2D eigenvalue weighted by Gasteiger charge is 2.29. The van der Waals surface area contributed by atoms with Gasteiger partial charge in [-0.2, -0.15) is 0 Å². The van der Waals surface area contributed by atoms with E-state index in [1.54, 1.807) is 30.2 Å². The summed E-state index contributed by atoms with van der Waals surface area (Å²) in [5.74, 6) is 0.851. The second-order valence-corrected chi connectivity index (χ2v) is 11.0. The van der Waals surface area contributed by atoms with Crippen molar-refractivity contribution in [3.05, 3.63) is 53.6 Å². The lowest BCUT2D eigenvalue weighted by Gasteiger charge is -2.34. The van der Waals surface area contributed by atoms with E-state index in [9.17, 15) is 13.2 Å². The molecule has 4 rings (SSSR count). The molecule has 33 heavy (non-hydrogen) atoms. The Morgan fingerprint density at radius 1 is 1.18 bits per heavy atom. The third kappa shape index (κ3) is 5.15. The zero-order chi connectivity index (χ0) is 23.6. The Labute approximate surface area is 196 Å². The number of anilines is 1. The van der Waals surface area contributed by atoms with Crippen molar-refractivity contribution < 1.29 is 17.9 Å². The maximum Gasteiger partial charge on any atom is 0.322 e. The highest BCUT2D eigenvalue weighted by Crippen LogP contribution is 2.31. The van der Waals surface area contributed by atoms with Crippen molar-refractivity contribution in [2.75, 3.05) is 45.7 Å². The molecule has 8 nitrogen and oxygen atoms in total. The van der Waals surface area contributed by atoms with Gasteiger partial charge in [-0.1, -0.05) is 12.1 Å². The Morgan fingerprint density at radius 2 is 2.00 bits per heavy atom. The zero-order valence-electron chi connectivity index (χ0n) is 19.5. The normalized spacial score (nSPS) is 18.9. The van der Waals surface area contributed by atoms with E-state index in [0.29, 0.717) is 13.0 Å². The van der Waals surface area contributed by atoms with Gasteiger partial charge < -0.3 is 10.1 Å². The lowest BCUT2D eigenvalue weighted by molar-refractivity contribution is 0.182. The molecule has 2 aliphatic heterocycles. The first-order chi connectivity index (χ1) is 15.8. The largest absolute Gasteiger partial charge is 0.497 e. The summed E-state index contributed by atoms with van der Waals surface area (Å²) in [6.07, 6.45) is 2.62. The van der Waals surface area contributed by atoms with Gasteiger partial charge in [0.2, 0.25) is 10.0 Å². The smallest absolute Gasteiger partial charge is 0.322 e. The van der Waals surface area contributed by atoms with Crippen molar-refractivity contribution in [1.29, 1.82) is 0 Å². The molecule has 0 aromatic heterocycles. The van der Waals surface area contributed by atoms with E-state index < -0.39 is 10.0 Å². The Kier molecular flexibility index (Phi) is 6.92. The topological polar surface area (TPSA) is 82.2 Å². The van der Waals surface area contributed by atoms with Crippen LogP contribution in [0, 0.1) is 0 Å². The number of carbonyl (C=O) groups excluding carboxylic acids is 1. The van der Waals surface area contributed by atoms with Crippen LogP contribution >= 0.6 is 0 Å². The number of methoxy groups -OCH3 is 1. The monoisotopic (exact) mass is 472 g/mol. The summed E-state index contributed by atoms with van der Waals surface area (Å²) in [7, 11) is 1.21. The van der Waals surface area contributed by atoms with E-state index in [1.165, 1.54) is 24.0 Å². The van der Waals surface area contributed by atoms with E-state index in [1.807, 2.05) is 18.2 Å². The molecular formula is C24H32N4O4S. The third-order valence-corrected chi connectivity index (χ3v) is 8.15. The molecule has 0 spiro atoms. The Balaban J connectivity index is 1.39. The predicted molar refractivity (Wildman–Crippen MR) is 128 cm³/mol. The molecule has 178 valence electrons. The Morgan fingerprint density at radius 3 is 2.76 bits per heavy atom. The standard InChI is InChI=1S/C24H32N4O4S/c1-26(2)33(30,31)22-9-10-23-19(15-22)11-13-28(23)24(29)25-20-7-5-12-27(17-20)16-18-6-4-8-21(14-18)32-3/h4,6,8-10,14-15,20H,5,7,11-13,16-17H2,1-3H3,(H,25,29). The van der Waals surface area contributed by atoms with Crippen molar-refractivity contribution in [2.24, 2.45) is 0 Å². The maximum atomic E-state index is 13.1. The van der Waals surface area contributed by atoms with Gasteiger partial charge in [-0.05, 0) is 67.3 Å². The van der Waals surface area contributed by atoms with Crippen molar-refractivity contribution in [3.63, 3.8) is 0 Å². The van der Waals surface area contributed by atoms with Crippen LogP contribution in [-0.2, 0) is 23.0 Å². The van der Waals surface area contributed by atoms with Gasteiger partial charge in [-0.25, -0.2) is 17.5 Å². The van der Waals surface area contributed by atoms with Crippen LogP contribution in [0.25, 0.3) is 0 Å². The van der Waals surface area contributed by atoms with Crippen molar-refractivity contribution in [3.8, 4) is 5.75 Å². The van der Waals surface area contributed by atoms with Gasteiger partial charge in [0.05, 0.1) is 12.0 Å². The van der Waals surface area contributed by atoms with E-state index >= 15 is 0 Å². The number of nitrogens with zero attached hydrogens (tertiary/aromatic N) is 3. The summed E-state index contributed by atoms with van der Waals surface area (Å²) in [4.78, 5) is 17.4. The number of piperidine rings is 1. The van der Waals surface area contributed by atoms with Crippen LogP contribution in [0.1, 0.15) is 24.0 Å². The van der Waals surface area contributed by atoms with Crippen LogP contribution in [0.5, 0.6) is 5.75 Å². The molecule has 2 heterocycles. The molecule has 2 amide bonds. The lowest BCUT2D eigenvalue weighted by atomic mass is 10.0. The molecule has 0 aliphatic carbocycles. The average Bonchev–Trinajstić information content (AvgIpc) is 3.23. The highest BCUT2D eigenvalue weighted by atomic mass is 32.2. The minimum Gasteiger partial charge on any atom is -0.497 e. The molecule has 1 atom stereocenters. The summed E-state index contributed by atoms with van der Waals surface area (Å²) in [5.41, 5.74) is 2.86. The number of urea groups is 1. The quantitative estimate of drug-likeness (QED) is 0.699. The number of rotatable bonds is 6. The van der Waals surface area contributed by atoms with Crippen LogP contribution in [0.3, 0.4) is 0 Å². The first-order valence-corrected chi connectivity index (χ1v) is 12.7. The van der Waals surface area contributed by atoms with Crippen LogP contribution in [0.4, 0.5) is 10.5 Å². The number of carbonyl (C=O) groups is 1. The number of ether oxygens (including phenoxy) is 1. The van der Waals surface area contributed by atoms with Gasteiger partial charge in [-0.15, -0.1) is 0 Å². The van der Waals surface area contributed by atoms with Crippen molar-refractivity contribution in [1.82, 2.24) is 14.5 Å². The fourth-order valence-corrected chi connectivity index (χ4v) is 5.51. The van der Waals surface area contributed by atoms with Crippen LogP contribution < -0.4 is 15.0 Å². The number of benzene rings is 2. The molecule has 2 aromatic rings. The van der Waals surface area contributed by atoms with Gasteiger partial charge >= 0.3 is 6.03 Å². The molecule has 1 N–H and O–H groups in total. The van der Waals surface area contributed by atoms with Gasteiger partial charge in [0, 0.05) is 45.5 Å². The number of hydrogen-bond acceptors (Lipinski definition) is 5. The summed E-state index contributed by atoms with van der Waals surface area (Å²) in [6.45, 7) is 3.16. The molecule has 0 saturated carbocycles. The summed E-state index contributed by atoms with van der Waals surface area (Å²) >= 11 is 0. The highest BCUT2D eigenvalue weighted by molar-refractivity contribution is 7.89. The number of sulfonamides is 1. The van der Waals surface area contributed by atoms with Crippen LogP contribution in [0.2, 0.25) is 0 Å². The van der Waals surface area contributed by atoms with E-state index in [2.05, 4.69) is 16.3 Å². The maximum absolute atomic E-state index is 13.1. The minimum absolute atomic E-state index is 0.0781. The molecule has 0 radical (unpaired) electrons. The molecule has 1 unspecified atom stereocenters. The number of amides is 2. The third-order valence-electron chi connectivity index (χ3n) is 6.34. The van der Waals surface area contributed by atoms with Gasteiger partial charge in [0.25, 0.3) is 0 Å². The van der Waals surface area contributed by atoms with Gasteiger partial charge in [0.15, 0.2) is 0 Å². The van der Waals surface area contributed by atoms with Gasteiger partial charge in [-0.3, -0.25) is 9.80 Å². The first-order valence-electron chi connectivity index (χ1n) is 11.3. The Bertz CT molecular complexity index is 1120. The minimum atomic E-state index is -3.49. The fourth-order valence-electron chi connectivity index (χ4n) is 4.56. The number of nitrogens with one attached hydrogen (secondary N) is 1. The van der Waals surface area contributed by atoms with E-state index in [-0.39, 0.29) is 17.0 Å². The van der Waals surface area contributed by atoms with Crippen molar-refractivity contribution in [2.45, 2.75) is 36.7 Å². The van der Waals surface area contributed by atoms with E-state index in [0.717, 1.165) is 49.5 Å². The molecule has 9 heteroatoms. The average molecular weight is 473 g/mol. The Hall–Kier alpha value is -2.62. The molecule has 1 saturated heterocycles. The molecule has 1 fully saturated rings. The second kappa shape index (κ2) is 9.70. The van der Waals surface area contributed by atoms with Crippen LogP contribution in [-0.4, -0.2) is 70.5 Å². The number of hydrogen-bond donors (Lipinski definition) is 1. The second-order valence-electron chi connectivity index (χ2n) is 8.85.